The Bertz CT molecular complexity index is 577. The molecule has 0 spiro atoms. The van der Waals surface area contributed by atoms with Crippen LogP contribution in [0.4, 0.5) is 0 Å². The number of carbonyl (C=O) groups excluding carboxylic acids is 1. The Kier molecular flexibility index (Phi) is 2.91. The van der Waals surface area contributed by atoms with Crippen molar-refractivity contribution in [3.63, 3.8) is 0 Å². The highest BCUT2D eigenvalue weighted by Gasteiger charge is 2.09. The van der Waals surface area contributed by atoms with Crippen molar-refractivity contribution in [2.75, 3.05) is 0 Å². The molecule has 0 aliphatic heterocycles. The Morgan fingerprint density at radius 2 is 2.06 bits per heavy atom. The number of rotatable bonds is 3. The van der Waals surface area contributed by atoms with Crippen molar-refractivity contribution >= 4 is 11.9 Å². The summed E-state index contributed by atoms with van der Waals surface area (Å²) in [5, 5.41) is 8.29. The van der Waals surface area contributed by atoms with Crippen molar-refractivity contribution in [3.05, 3.63) is 41.5 Å². The molecule has 88 valence electrons. The minimum absolute atomic E-state index is 0.0544. The van der Waals surface area contributed by atoms with Gasteiger partial charge in [-0.1, -0.05) is 0 Å². The molecular weight excluding hydrogens is 216 g/mol. The van der Waals surface area contributed by atoms with Crippen molar-refractivity contribution in [2.24, 2.45) is 14.1 Å². The summed E-state index contributed by atoms with van der Waals surface area (Å²) in [6.45, 7) is 1.82. The molecule has 0 unspecified atom stereocenters. The van der Waals surface area contributed by atoms with Gasteiger partial charge in [0.1, 0.15) is 0 Å². The predicted molar refractivity (Wildman–Crippen MR) is 64.5 cm³/mol. The van der Waals surface area contributed by atoms with Crippen molar-refractivity contribution in [1.29, 1.82) is 0 Å². The van der Waals surface area contributed by atoms with Crippen molar-refractivity contribution in [1.82, 2.24) is 19.6 Å². The lowest BCUT2D eigenvalue weighted by atomic mass is 10.1. The molecular formula is C12H14N4O. The number of hydrogen-bond acceptors (Lipinski definition) is 3. The first-order valence-electron chi connectivity index (χ1n) is 5.28. The number of carbonyl (C=O) groups is 1. The summed E-state index contributed by atoms with van der Waals surface area (Å²) in [5.74, 6) is -0.0544. The zero-order valence-electron chi connectivity index (χ0n) is 10.1. The lowest BCUT2D eigenvalue weighted by molar-refractivity contribution is 0.104. The van der Waals surface area contributed by atoms with Crippen molar-refractivity contribution < 1.29 is 4.79 Å². The van der Waals surface area contributed by atoms with E-state index in [4.69, 9.17) is 0 Å². The zero-order valence-corrected chi connectivity index (χ0v) is 10.1. The first-order valence-corrected chi connectivity index (χ1v) is 5.28. The van der Waals surface area contributed by atoms with E-state index in [1.54, 1.807) is 28.7 Å². The van der Waals surface area contributed by atoms with Gasteiger partial charge in [0.25, 0.3) is 0 Å². The largest absolute Gasteiger partial charge is 0.289 e. The first-order chi connectivity index (χ1) is 8.06. The van der Waals surface area contributed by atoms with E-state index in [9.17, 15) is 4.79 Å². The SMILES string of the molecule is Cc1nn(C)cc1C(=O)/C=C/c1ccn(C)n1. The number of allylic oxidation sites excluding steroid dienone is 1. The van der Waals surface area contributed by atoms with Gasteiger partial charge in [-0.25, -0.2) is 0 Å². The van der Waals surface area contributed by atoms with E-state index in [0.717, 1.165) is 11.4 Å². The average molecular weight is 230 g/mol. The molecule has 0 atom stereocenters. The van der Waals surface area contributed by atoms with E-state index in [0.29, 0.717) is 5.56 Å². The molecule has 0 aliphatic carbocycles. The monoisotopic (exact) mass is 230 g/mol. The number of aromatic nitrogens is 4. The minimum Gasteiger partial charge on any atom is -0.289 e. The summed E-state index contributed by atoms with van der Waals surface area (Å²) in [6.07, 6.45) is 6.78. The Labute approximate surface area is 99.4 Å². The molecule has 0 saturated heterocycles. The van der Waals surface area contributed by atoms with Gasteiger partial charge in [-0.05, 0) is 25.1 Å². The van der Waals surface area contributed by atoms with Crippen LogP contribution in [0.2, 0.25) is 0 Å². The van der Waals surface area contributed by atoms with Gasteiger partial charge in [0.15, 0.2) is 5.78 Å². The van der Waals surface area contributed by atoms with Crippen LogP contribution in [0.5, 0.6) is 0 Å². The molecule has 2 rings (SSSR count). The van der Waals surface area contributed by atoms with Crippen LogP contribution < -0.4 is 0 Å². The fraction of sp³-hybridized carbons (Fsp3) is 0.250. The molecule has 0 fully saturated rings. The summed E-state index contributed by atoms with van der Waals surface area (Å²) in [4.78, 5) is 11.9. The van der Waals surface area contributed by atoms with E-state index in [-0.39, 0.29) is 5.78 Å². The molecule has 5 heteroatoms. The first kappa shape index (κ1) is 11.3. The fourth-order valence-corrected chi connectivity index (χ4v) is 1.61. The highest BCUT2D eigenvalue weighted by atomic mass is 16.1. The molecule has 0 bridgehead atoms. The summed E-state index contributed by atoms with van der Waals surface area (Å²) in [6, 6.07) is 1.85. The van der Waals surface area contributed by atoms with Crippen LogP contribution in [-0.2, 0) is 14.1 Å². The van der Waals surface area contributed by atoms with Crippen LogP contribution in [0.25, 0.3) is 6.08 Å². The van der Waals surface area contributed by atoms with E-state index < -0.39 is 0 Å². The molecule has 2 heterocycles. The summed E-state index contributed by atoms with van der Waals surface area (Å²) < 4.78 is 3.33. The Morgan fingerprint density at radius 3 is 2.59 bits per heavy atom. The summed E-state index contributed by atoms with van der Waals surface area (Å²) in [5.41, 5.74) is 2.13. The standard InChI is InChI=1S/C12H14N4O/c1-9-11(8-16(3)13-9)12(17)5-4-10-6-7-15(2)14-10/h4-8H,1-3H3/b5-4+. The predicted octanol–water partition coefficient (Wildman–Crippen LogP) is 1.36. The second-order valence-corrected chi connectivity index (χ2v) is 3.91. The smallest absolute Gasteiger partial charge is 0.189 e. The third-order valence-electron chi connectivity index (χ3n) is 2.42. The average Bonchev–Trinajstić information content (AvgIpc) is 2.81. The molecule has 17 heavy (non-hydrogen) atoms. The maximum atomic E-state index is 11.9. The van der Waals surface area contributed by atoms with Gasteiger partial charge in [-0.15, -0.1) is 0 Å². The fourth-order valence-electron chi connectivity index (χ4n) is 1.61. The minimum atomic E-state index is -0.0544. The number of aryl methyl sites for hydroxylation is 3. The highest BCUT2D eigenvalue weighted by molar-refractivity contribution is 6.07. The molecule has 0 saturated carbocycles. The van der Waals surface area contributed by atoms with Crippen molar-refractivity contribution in [3.8, 4) is 0 Å². The number of ketones is 1. The molecule has 2 aromatic heterocycles. The van der Waals surface area contributed by atoms with E-state index >= 15 is 0 Å². The number of nitrogens with zero attached hydrogens (tertiary/aromatic N) is 4. The van der Waals surface area contributed by atoms with E-state index in [1.807, 2.05) is 26.2 Å². The van der Waals surface area contributed by atoms with Crippen LogP contribution in [0.1, 0.15) is 21.7 Å². The lowest BCUT2D eigenvalue weighted by Crippen LogP contribution is -1.94. The molecule has 5 nitrogen and oxygen atoms in total. The van der Waals surface area contributed by atoms with Gasteiger partial charge in [-0.2, -0.15) is 10.2 Å². The van der Waals surface area contributed by atoms with E-state index in [1.165, 1.54) is 6.08 Å². The quantitative estimate of drug-likeness (QED) is 0.591. The third kappa shape index (κ3) is 2.50. The molecule has 0 aromatic carbocycles. The van der Waals surface area contributed by atoms with Crippen molar-refractivity contribution in [2.45, 2.75) is 6.92 Å². The molecule has 2 aromatic rings. The highest BCUT2D eigenvalue weighted by Crippen LogP contribution is 2.07. The topological polar surface area (TPSA) is 52.7 Å². The van der Waals surface area contributed by atoms with Gasteiger partial charge < -0.3 is 0 Å². The van der Waals surface area contributed by atoms with Gasteiger partial charge in [-0.3, -0.25) is 14.2 Å². The maximum absolute atomic E-state index is 11.9. The zero-order chi connectivity index (χ0) is 12.4. The van der Waals surface area contributed by atoms with Gasteiger partial charge >= 0.3 is 0 Å². The molecule has 0 amide bonds. The summed E-state index contributed by atoms with van der Waals surface area (Å²) >= 11 is 0. The molecule has 0 radical (unpaired) electrons. The third-order valence-corrected chi connectivity index (χ3v) is 2.42. The van der Waals surface area contributed by atoms with Gasteiger partial charge in [0, 0.05) is 26.5 Å². The molecule has 0 N–H and O–H groups in total. The molecule has 0 aliphatic rings. The second kappa shape index (κ2) is 4.37. The summed E-state index contributed by atoms with van der Waals surface area (Å²) in [7, 11) is 3.64. The van der Waals surface area contributed by atoms with E-state index in [2.05, 4.69) is 10.2 Å². The second-order valence-electron chi connectivity index (χ2n) is 3.91. The van der Waals surface area contributed by atoms with Crippen LogP contribution in [0.15, 0.2) is 24.5 Å². The Morgan fingerprint density at radius 1 is 1.29 bits per heavy atom. The van der Waals surface area contributed by atoms with Crippen LogP contribution in [0.3, 0.4) is 0 Å². The Balaban J connectivity index is 2.17. The maximum Gasteiger partial charge on any atom is 0.189 e. The number of hydrogen-bond donors (Lipinski definition) is 0. The van der Waals surface area contributed by atoms with Gasteiger partial charge in [0.2, 0.25) is 0 Å². The van der Waals surface area contributed by atoms with Gasteiger partial charge in [0.05, 0.1) is 17.0 Å². The lowest BCUT2D eigenvalue weighted by Gasteiger charge is -1.90. The van der Waals surface area contributed by atoms with Crippen LogP contribution in [0, 0.1) is 6.92 Å². The van der Waals surface area contributed by atoms with Crippen LogP contribution in [-0.4, -0.2) is 25.3 Å². The Hall–Kier alpha value is -2.17. The van der Waals surface area contributed by atoms with Crippen LogP contribution >= 0.6 is 0 Å². The normalized spacial score (nSPS) is 11.2.